The molecule has 0 N–H and O–H groups in total. The predicted molar refractivity (Wildman–Crippen MR) is 546 cm³/mol. The number of fused-ring (bicyclic) bond motifs is 15. The van der Waals surface area contributed by atoms with Crippen LogP contribution in [0.1, 0.15) is 260 Å². The Labute approximate surface area is 811 Å². The van der Waals surface area contributed by atoms with E-state index in [2.05, 4.69) is 220 Å². The van der Waals surface area contributed by atoms with E-state index in [1.807, 2.05) is 101 Å². The lowest BCUT2D eigenvalue weighted by Crippen LogP contribution is -2.31. The van der Waals surface area contributed by atoms with Gasteiger partial charge in [0.15, 0.2) is 58.9 Å². The zero-order valence-corrected chi connectivity index (χ0v) is 80.9. The summed E-state index contributed by atoms with van der Waals surface area (Å²) in [6, 6.07) is 53.4. The van der Waals surface area contributed by atoms with Crippen molar-refractivity contribution >= 4 is 110 Å². The average molecular weight is 1800 g/mol. The molecule has 15 aromatic heterocycles. The van der Waals surface area contributed by atoms with Crippen molar-refractivity contribution in [3.63, 3.8) is 0 Å². The van der Waals surface area contributed by atoms with Crippen LogP contribution in [0.5, 0.6) is 0 Å². The van der Waals surface area contributed by atoms with Gasteiger partial charge in [0, 0.05) is 176 Å². The molecule has 0 bridgehead atoms. The summed E-state index contributed by atoms with van der Waals surface area (Å²) < 4.78 is 182. The lowest BCUT2D eigenvalue weighted by Gasteiger charge is -2.20. The van der Waals surface area contributed by atoms with Crippen LogP contribution in [0.3, 0.4) is 0 Å². The third-order valence-corrected chi connectivity index (χ3v) is 26.8. The summed E-state index contributed by atoms with van der Waals surface area (Å²) in [5.41, 5.74) is 33.4. The van der Waals surface area contributed by atoms with Crippen molar-refractivity contribution in [2.45, 2.75) is 225 Å². The van der Waals surface area contributed by atoms with Crippen molar-refractivity contribution in [3.05, 3.63) is 296 Å². The van der Waals surface area contributed by atoms with Gasteiger partial charge in [0.2, 0.25) is 57.0 Å². The standard InChI is InChI=1S/C27H31N2O.C26H29N2O.C23H25N2O.C22H23N2O.C21H21N2O/c1-17(2)20-11-15-24(29(4)16-20)25-18(3)10-12-21-22-13-14-23(19-8-6-5-7-9-19)28-27(22)30-26(21)25;1-16(2)19-10-14-23(28(4)15-19)24-17(3)9-11-20-21-12-13-22(18-7-5-6-8-18)27-26(21)29-25(20)24;1-13(2)19-10-9-18-17-8-7-14(3)21(22(17)26-23(18)24-19)20-11-15(4)16(5)12-25(20)6;1-6-16-8-10-18-17-9-7-13(2)20(21(17)25-22(18)23-16)19-11-14(3)15(4)12-24(19)5;1-12-6-8-16-17-9-7-15(4)22-21(17)24-20(16)19(12)18-10-13(2)14(3)11-23(18)5/h10-17,19H,5-9H2,1-4H3;9-16,18H,5-8H2,1-4H3;7-13H,1-6H3;7-12H,6H2,1-5H3;6-11H,1-5H3/q5*+1/i1D3,8D2,9D2,17D,19D;1D3,7D2,16D,18D;13D;;. The highest BCUT2D eigenvalue weighted by Crippen LogP contribution is 2.45. The molecule has 134 heavy (non-hydrogen) atoms. The first kappa shape index (κ1) is 72.2. The molecule has 2 fully saturated rings. The number of hydrogen-bond acceptors (Lipinski definition) is 10. The monoisotopic (exact) mass is 1800 g/mol. The van der Waals surface area contributed by atoms with Crippen molar-refractivity contribution in [3.8, 4) is 56.3 Å². The lowest BCUT2D eigenvalue weighted by molar-refractivity contribution is -0.661. The summed E-state index contributed by atoms with van der Waals surface area (Å²) in [5.74, 6) is -7.90. The fraction of sp³-hybridized carbons (Fsp3) is 0.328. The van der Waals surface area contributed by atoms with Gasteiger partial charge in [-0.1, -0.05) is 141 Å². The van der Waals surface area contributed by atoms with Crippen molar-refractivity contribution in [2.75, 3.05) is 0 Å². The largest absolute Gasteiger partial charge is 0.437 e. The van der Waals surface area contributed by atoms with Crippen LogP contribution in [-0.2, 0) is 41.7 Å². The van der Waals surface area contributed by atoms with E-state index in [1.165, 1.54) is 75.7 Å². The maximum Gasteiger partial charge on any atom is 0.227 e. The van der Waals surface area contributed by atoms with Crippen LogP contribution in [0.15, 0.2) is 217 Å². The molecule has 15 nitrogen and oxygen atoms in total. The minimum atomic E-state index is -2.50. The van der Waals surface area contributed by atoms with Gasteiger partial charge >= 0.3 is 0 Å². The van der Waals surface area contributed by atoms with E-state index >= 15 is 0 Å². The van der Waals surface area contributed by atoms with Crippen LogP contribution >= 0.6 is 0 Å². The molecule has 2 aliphatic carbocycles. The molecule has 15 heterocycles. The van der Waals surface area contributed by atoms with Gasteiger partial charge in [0.05, 0.1) is 27.8 Å². The van der Waals surface area contributed by atoms with Crippen LogP contribution in [0, 0.1) is 83.1 Å². The SMILES string of the molecule is CCc1ccc2c(n1)oc1c(-c3cc(C)c(C)c[n+]3C)c(C)ccc12.Cc1ccc2c(n1)oc1c(-c3cc(C)c(C)c[n+]3C)c(C)ccc12.[2H]C(C)(C)c1ccc2c(n1)oc1c(-c3cc(C)c(C)c[n+]3C)c(C)ccc12.[2H]C([2H])([2H])C([2H])(C)c1ccc(-c2c(C)ccc3c2oc2nc(C4([2H])C([2H])([2H])CCCC4([2H])[2H])ccc23)[n+](C)c1.[2H]C([2H])([2H])C([2H])(C)c1ccc(-c2c(C)ccc3c2oc2nc(C4([2H])CCCC4([2H])[2H])ccc23)[n+](C)c1. The highest BCUT2D eigenvalue weighted by Gasteiger charge is 2.31. The van der Waals surface area contributed by atoms with E-state index in [1.54, 1.807) is 54.3 Å². The third-order valence-electron chi connectivity index (χ3n) is 26.8. The van der Waals surface area contributed by atoms with Crippen LogP contribution in [0.25, 0.3) is 167 Å². The molecular weight excluding hydrogens is 1650 g/mol. The molecule has 0 radical (unpaired) electrons. The number of pyridine rings is 10. The summed E-state index contributed by atoms with van der Waals surface area (Å²) in [4.78, 5) is 23.0. The molecule has 20 aromatic rings. The molecule has 0 aliphatic heterocycles. The van der Waals surface area contributed by atoms with Gasteiger partial charge in [0.25, 0.3) is 0 Å². The van der Waals surface area contributed by atoms with Crippen LogP contribution < -0.4 is 22.8 Å². The summed E-state index contributed by atoms with van der Waals surface area (Å²) in [6.07, 6.45) is 6.77. The van der Waals surface area contributed by atoms with Crippen molar-refractivity contribution in [1.82, 2.24) is 24.9 Å². The molecule has 22 rings (SSSR count). The molecule has 5 aromatic carbocycles. The Morgan fingerprint density at radius 2 is 0.642 bits per heavy atom. The van der Waals surface area contributed by atoms with Crippen LogP contribution in [0.2, 0.25) is 0 Å². The summed E-state index contributed by atoms with van der Waals surface area (Å²) in [7, 11) is 9.85. The zero-order chi connectivity index (χ0) is 109. The van der Waals surface area contributed by atoms with Gasteiger partial charge in [-0.05, 0) is 250 Å². The smallest absolute Gasteiger partial charge is 0.227 e. The number of furan rings is 5. The highest BCUT2D eigenvalue weighted by molar-refractivity contribution is 6.13. The van der Waals surface area contributed by atoms with Gasteiger partial charge in [-0.3, -0.25) is 0 Å². The van der Waals surface area contributed by atoms with Gasteiger partial charge < -0.3 is 22.1 Å². The Bertz CT molecular complexity index is 8890. The van der Waals surface area contributed by atoms with E-state index in [4.69, 9.17) is 45.4 Å². The van der Waals surface area contributed by atoms with Gasteiger partial charge in [0.1, 0.15) is 35.2 Å². The fourth-order valence-corrected chi connectivity index (χ4v) is 18.7. The first-order chi connectivity index (χ1) is 70.7. The van der Waals surface area contributed by atoms with E-state index in [0.717, 1.165) is 150 Å². The summed E-state index contributed by atoms with van der Waals surface area (Å²) >= 11 is 0. The molecule has 680 valence electrons. The number of hydrogen-bond donors (Lipinski definition) is 0. The second kappa shape index (κ2) is 37.2. The molecule has 3 atom stereocenters. The molecular formula is C119H129N10O5+5. The Morgan fingerprint density at radius 1 is 0.321 bits per heavy atom. The Balaban J connectivity index is 0.000000125. The predicted octanol–water partition coefficient (Wildman–Crippen LogP) is 28.7. The number of nitrogens with zero attached hydrogens (tertiary/aromatic N) is 10. The summed E-state index contributed by atoms with van der Waals surface area (Å²) in [5, 5.41) is 9.53. The van der Waals surface area contributed by atoms with Crippen molar-refractivity contribution < 1.29 is 68.2 Å². The molecule has 15 heteroatoms. The average Bonchev–Trinajstić information content (AvgIpc) is 1.70. The maximum atomic E-state index is 9.02. The van der Waals surface area contributed by atoms with E-state index in [-0.39, 0.29) is 24.2 Å². The topological polar surface area (TPSA) is 150 Å². The Morgan fingerprint density at radius 3 is 1.01 bits per heavy atom. The van der Waals surface area contributed by atoms with E-state index in [0.29, 0.717) is 81.9 Å². The van der Waals surface area contributed by atoms with Gasteiger partial charge in [-0.25, -0.2) is 47.8 Å². The number of rotatable bonds is 11. The quantitative estimate of drug-likeness (QED) is 0.115. The molecule has 3 unspecified atom stereocenters. The Kier molecular flexibility index (Phi) is 20.0. The minimum absolute atomic E-state index is 0.00339. The lowest BCUT2D eigenvalue weighted by atomic mass is 9.86. The molecule has 2 saturated carbocycles. The number of aryl methyl sites for hydroxylation is 18. The molecule has 2 aliphatic rings. The van der Waals surface area contributed by atoms with E-state index in [9.17, 15) is 0 Å². The van der Waals surface area contributed by atoms with Crippen LogP contribution in [0.4, 0.5) is 0 Å². The van der Waals surface area contributed by atoms with Gasteiger partial charge in [-0.15, -0.1) is 0 Å². The zero-order valence-electron chi connectivity index (χ0n) is 97.9. The third kappa shape index (κ3) is 17.3. The maximum absolute atomic E-state index is 9.02. The Hall–Kier alpha value is -13.4. The van der Waals surface area contributed by atoms with E-state index < -0.39 is 62.3 Å². The van der Waals surface area contributed by atoms with Crippen LogP contribution in [-0.4, -0.2) is 24.9 Å². The first-order valence-corrected chi connectivity index (χ1v) is 46.3. The second-order valence-corrected chi connectivity index (χ2v) is 36.7. The minimum Gasteiger partial charge on any atom is -0.437 e. The van der Waals surface area contributed by atoms with Gasteiger partial charge in [-0.2, -0.15) is 0 Å². The second-order valence-electron chi connectivity index (χ2n) is 36.7. The first-order valence-electron chi connectivity index (χ1n) is 54.8. The highest BCUT2D eigenvalue weighted by atomic mass is 16.4. The fourth-order valence-electron chi connectivity index (χ4n) is 18.7. The molecule has 0 spiro atoms. The van der Waals surface area contributed by atoms with Crippen molar-refractivity contribution in [2.24, 2.45) is 35.2 Å². The normalized spacial score (nSPS) is 18.6. The molecule has 0 amide bonds. The molecule has 0 saturated heterocycles. The summed E-state index contributed by atoms with van der Waals surface area (Å²) in [6.45, 7) is 28.7. The van der Waals surface area contributed by atoms with Crippen molar-refractivity contribution in [1.29, 1.82) is 0 Å². The number of benzene rings is 5. The number of aromatic nitrogens is 10.